The fourth-order valence-electron chi connectivity index (χ4n) is 2.12. The minimum absolute atomic E-state index is 0.0553. The lowest BCUT2D eigenvalue weighted by molar-refractivity contribution is -0.0511. The Morgan fingerprint density at radius 2 is 2.05 bits per heavy atom. The van der Waals surface area contributed by atoms with Crippen LogP contribution in [0.15, 0.2) is 12.7 Å². The van der Waals surface area contributed by atoms with Crippen molar-refractivity contribution in [2.75, 3.05) is 6.61 Å². The topological polar surface area (TPSA) is 114 Å². The van der Waals surface area contributed by atoms with Crippen molar-refractivity contribution in [1.29, 1.82) is 0 Å². The van der Waals surface area contributed by atoms with E-state index in [9.17, 15) is 14.6 Å². The summed E-state index contributed by atoms with van der Waals surface area (Å²) in [5, 5.41) is 28.6. The lowest BCUT2D eigenvalue weighted by Crippen LogP contribution is -2.33. The van der Waals surface area contributed by atoms with Crippen molar-refractivity contribution in [1.82, 2.24) is 19.5 Å². The molecule has 3 N–H and O–H groups in total. The number of imidazole rings is 1. The molecule has 19 heavy (non-hydrogen) atoms. The molecule has 1 saturated heterocycles. The number of nitrogens with zero attached hydrogens (tertiary/aromatic N) is 4. The molecule has 0 bridgehead atoms. The number of aliphatic hydroxyl groups excluding tert-OH is 3. The number of aliphatic hydroxyl groups is 3. The summed E-state index contributed by atoms with van der Waals surface area (Å²) < 4.78 is 20.0. The van der Waals surface area contributed by atoms with Crippen LogP contribution in [0.2, 0.25) is 0 Å². The Kier molecular flexibility index (Phi) is 2.90. The summed E-state index contributed by atoms with van der Waals surface area (Å²) in [6.07, 6.45) is -2.15. The first kappa shape index (κ1) is 12.4. The molecule has 8 nitrogen and oxygen atoms in total. The molecule has 3 heterocycles. The summed E-state index contributed by atoms with van der Waals surface area (Å²) >= 11 is 0. The largest absolute Gasteiger partial charge is 0.394 e. The van der Waals surface area contributed by atoms with Crippen LogP contribution in [0.1, 0.15) is 6.23 Å². The quantitative estimate of drug-likeness (QED) is 0.574. The lowest BCUT2D eigenvalue weighted by atomic mass is 10.1. The molecule has 3 rings (SSSR count). The predicted molar refractivity (Wildman–Crippen MR) is 58.3 cm³/mol. The lowest BCUT2D eigenvalue weighted by Gasteiger charge is -2.16. The van der Waals surface area contributed by atoms with Gasteiger partial charge in [0.05, 0.1) is 12.9 Å². The molecule has 0 aliphatic carbocycles. The third-order valence-corrected chi connectivity index (χ3v) is 3.11. The molecule has 0 saturated carbocycles. The van der Waals surface area contributed by atoms with Gasteiger partial charge in [-0.2, -0.15) is 4.39 Å². The molecule has 1 fully saturated rings. The van der Waals surface area contributed by atoms with Crippen LogP contribution in [0.5, 0.6) is 0 Å². The van der Waals surface area contributed by atoms with Crippen molar-refractivity contribution in [3.05, 3.63) is 18.6 Å². The number of ether oxygens (including phenoxy) is 1. The van der Waals surface area contributed by atoms with Crippen LogP contribution in [0.4, 0.5) is 4.39 Å². The molecule has 2 aromatic heterocycles. The second-order valence-corrected chi connectivity index (χ2v) is 4.22. The van der Waals surface area contributed by atoms with E-state index in [4.69, 9.17) is 9.84 Å². The van der Waals surface area contributed by atoms with Crippen molar-refractivity contribution in [3.8, 4) is 0 Å². The molecule has 0 amide bonds. The van der Waals surface area contributed by atoms with Gasteiger partial charge in [-0.05, 0) is 0 Å². The second kappa shape index (κ2) is 4.46. The molecule has 0 spiro atoms. The summed E-state index contributed by atoms with van der Waals surface area (Å²) in [5.41, 5.74) is 0.0857. The van der Waals surface area contributed by atoms with Gasteiger partial charge in [-0.1, -0.05) is 0 Å². The standard InChI is InChI=1S/C10H11FN4O4/c11-8-5-9(13-2-12-8)15(3-14-5)10-7(18)6(17)4(1-16)19-10/h2-4,6-7,10,16-18H,1H2/t4-,6-,7-,10-/m1/s1. The molecule has 1 aliphatic rings. The summed E-state index contributed by atoms with van der Waals surface area (Å²) in [6.45, 7) is -0.440. The van der Waals surface area contributed by atoms with E-state index < -0.39 is 37.1 Å². The normalized spacial score (nSPS) is 31.2. The average molecular weight is 270 g/mol. The van der Waals surface area contributed by atoms with Gasteiger partial charge in [-0.3, -0.25) is 4.57 Å². The summed E-state index contributed by atoms with van der Waals surface area (Å²) in [7, 11) is 0. The van der Waals surface area contributed by atoms with Gasteiger partial charge in [0, 0.05) is 0 Å². The van der Waals surface area contributed by atoms with Gasteiger partial charge in [0.1, 0.15) is 24.6 Å². The maximum Gasteiger partial charge on any atom is 0.244 e. The van der Waals surface area contributed by atoms with Gasteiger partial charge in [0.15, 0.2) is 17.4 Å². The first-order valence-electron chi connectivity index (χ1n) is 5.59. The molecule has 9 heteroatoms. The fourth-order valence-corrected chi connectivity index (χ4v) is 2.12. The van der Waals surface area contributed by atoms with E-state index in [-0.39, 0.29) is 11.2 Å². The van der Waals surface area contributed by atoms with Gasteiger partial charge >= 0.3 is 0 Å². The fraction of sp³-hybridized carbons (Fsp3) is 0.500. The van der Waals surface area contributed by atoms with E-state index >= 15 is 0 Å². The van der Waals surface area contributed by atoms with Crippen LogP contribution in [0, 0.1) is 5.95 Å². The maximum atomic E-state index is 13.4. The number of hydrogen-bond acceptors (Lipinski definition) is 7. The summed E-state index contributed by atoms with van der Waals surface area (Å²) in [5.74, 6) is -0.782. The van der Waals surface area contributed by atoms with Gasteiger partial charge in [0.2, 0.25) is 5.95 Å². The van der Waals surface area contributed by atoms with Crippen LogP contribution < -0.4 is 0 Å². The maximum absolute atomic E-state index is 13.4. The first-order valence-corrected chi connectivity index (χ1v) is 5.59. The third-order valence-electron chi connectivity index (χ3n) is 3.11. The van der Waals surface area contributed by atoms with Crippen molar-refractivity contribution in [2.24, 2.45) is 0 Å². The van der Waals surface area contributed by atoms with Crippen LogP contribution in [-0.4, -0.2) is 59.8 Å². The highest BCUT2D eigenvalue weighted by atomic mass is 19.1. The molecule has 0 aromatic carbocycles. The van der Waals surface area contributed by atoms with E-state index in [1.165, 1.54) is 10.9 Å². The zero-order chi connectivity index (χ0) is 13.6. The highest BCUT2D eigenvalue weighted by molar-refractivity contribution is 5.69. The van der Waals surface area contributed by atoms with E-state index in [0.717, 1.165) is 6.33 Å². The molecule has 4 atom stereocenters. The third kappa shape index (κ3) is 1.78. The van der Waals surface area contributed by atoms with Crippen molar-refractivity contribution in [2.45, 2.75) is 24.5 Å². The Hall–Kier alpha value is -1.68. The Labute approximate surface area is 106 Å². The Morgan fingerprint density at radius 1 is 1.26 bits per heavy atom. The molecule has 2 aromatic rings. The zero-order valence-electron chi connectivity index (χ0n) is 9.59. The Morgan fingerprint density at radius 3 is 2.74 bits per heavy atom. The zero-order valence-corrected chi connectivity index (χ0v) is 9.59. The van der Waals surface area contributed by atoms with Crippen molar-refractivity contribution in [3.63, 3.8) is 0 Å². The number of fused-ring (bicyclic) bond motifs is 1. The minimum Gasteiger partial charge on any atom is -0.394 e. The van der Waals surface area contributed by atoms with Crippen LogP contribution in [-0.2, 0) is 4.74 Å². The van der Waals surface area contributed by atoms with Gasteiger partial charge in [-0.15, -0.1) is 0 Å². The molecule has 1 aliphatic heterocycles. The van der Waals surface area contributed by atoms with Crippen LogP contribution in [0.3, 0.4) is 0 Å². The van der Waals surface area contributed by atoms with Gasteiger partial charge in [0.25, 0.3) is 0 Å². The second-order valence-electron chi connectivity index (χ2n) is 4.22. The highest BCUT2D eigenvalue weighted by Crippen LogP contribution is 2.31. The smallest absolute Gasteiger partial charge is 0.244 e. The Bertz CT molecular complexity index is 606. The van der Waals surface area contributed by atoms with Gasteiger partial charge in [-0.25, -0.2) is 15.0 Å². The molecular weight excluding hydrogens is 259 g/mol. The minimum atomic E-state index is -1.27. The highest BCUT2D eigenvalue weighted by Gasteiger charge is 2.43. The molecule has 0 radical (unpaired) electrons. The van der Waals surface area contributed by atoms with Crippen molar-refractivity contribution < 1.29 is 24.4 Å². The van der Waals surface area contributed by atoms with Gasteiger partial charge < -0.3 is 20.1 Å². The number of halogens is 1. The number of rotatable bonds is 2. The van der Waals surface area contributed by atoms with Crippen LogP contribution in [0.25, 0.3) is 11.2 Å². The summed E-state index contributed by atoms with van der Waals surface area (Å²) in [4.78, 5) is 11.0. The van der Waals surface area contributed by atoms with Crippen molar-refractivity contribution >= 4 is 11.2 Å². The Balaban J connectivity index is 2.04. The molecule has 0 unspecified atom stereocenters. The van der Waals surface area contributed by atoms with E-state index in [1.807, 2.05) is 0 Å². The molecular formula is C10H11FN4O4. The monoisotopic (exact) mass is 270 g/mol. The van der Waals surface area contributed by atoms with E-state index in [2.05, 4.69) is 15.0 Å². The predicted octanol–water partition coefficient (Wildman–Crippen LogP) is -1.42. The number of hydrogen-bond donors (Lipinski definition) is 3. The van der Waals surface area contributed by atoms with E-state index in [1.54, 1.807) is 0 Å². The number of aromatic nitrogens is 4. The SMILES string of the molecule is OC[C@H]1O[C@@H](n2cnc3c(F)ncnc32)[C@H](O)[C@@H]1O. The molecule has 102 valence electrons. The average Bonchev–Trinajstić information content (AvgIpc) is 2.94. The van der Waals surface area contributed by atoms with E-state index in [0.29, 0.717) is 0 Å². The first-order chi connectivity index (χ1) is 9.13. The van der Waals surface area contributed by atoms with Crippen LogP contribution >= 0.6 is 0 Å². The summed E-state index contributed by atoms with van der Waals surface area (Å²) in [6, 6.07) is 0.